The van der Waals surface area contributed by atoms with Gasteiger partial charge in [0, 0.05) is 11.6 Å². The number of hydrazine groups is 1. The Labute approximate surface area is 122 Å². The van der Waals surface area contributed by atoms with Crippen LogP contribution in [-0.4, -0.2) is 17.3 Å². The van der Waals surface area contributed by atoms with Gasteiger partial charge in [-0.15, -0.1) is 10.2 Å². The molecule has 106 valence electrons. The summed E-state index contributed by atoms with van der Waals surface area (Å²) >= 11 is 3.01. The molecule has 0 fully saturated rings. The summed E-state index contributed by atoms with van der Waals surface area (Å²) in [7, 11) is 1.44. The lowest BCUT2D eigenvalue weighted by atomic mass is 10.0. The van der Waals surface area contributed by atoms with Crippen LogP contribution in [-0.2, 0) is 0 Å². The minimum atomic E-state index is -0.967. The van der Waals surface area contributed by atoms with E-state index in [2.05, 4.69) is 31.6 Å². The van der Waals surface area contributed by atoms with Crippen molar-refractivity contribution >= 4 is 15.9 Å². The van der Waals surface area contributed by atoms with E-state index in [4.69, 9.17) is 10.6 Å². The molecule has 8 heteroatoms. The fraction of sp³-hybridized carbons (Fsp3) is 0.167. The summed E-state index contributed by atoms with van der Waals surface area (Å²) in [6, 6.07) is 4.51. The maximum absolute atomic E-state index is 14.1. The maximum atomic E-state index is 14.1. The number of aromatic nitrogens is 2. The molecule has 0 saturated heterocycles. The van der Waals surface area contributed by atoms with Crippen LogP contribution in [0.25, 0.3) is 0 Å². The van der Waals surface area contributed by atoms with Crippen LogP contribution in [0.4, 0.5) is 8.78 Å². The summed E-state index contributed by atoms with van der Waals surface area (Å²) in [5, 5.41) is 7.59. The quantitative estimate of drug-likeness (QED) is 0.504. The molecule has 1 unspecified atom stereocenters. The lowest BCUT2D eigenvalue weighted by Crippen LogP contribution is -2.31. The first-order chi connectivity index (χ1) is 9.58. The van der Waals surface area contributed by atoms with Gasteiger partial charge in [-0.25, -0.2) is 14.2 Å². The SMILES string of the molecule is COc1ccc(C(NN)c2c(F)ccc(Br)c2F)nn1. The number of benzene rings is 1. The topological polar surface area (TPSA) is 73.1 Å². The molecule has 2 rings (SSSR count). The Bertz CT molecular complexity index is 609. The van der Waals surface area contributed by atoms with Crippen molar-refractivity contribution in [2.24, 2.45) is 5.84 Å². The van der Waals surface area contributed by atoms with Gasteiger partial charge in [0.25, 0.3) is 0 Å². The Hall–Kier alpha value is -1.64. The van der Waals surface area contributed by atoms with E-state index in [0.717, 1.165) is 6.07 Å². The smallest absolute Gasteiger partial charge is 0.233 e. The zero-order valence-corrected chi connectivity index (χ0v) is 12.0. The van der Waals surface area contributed by atoms with Crippen LogP contribution in [0.3, 0.4) is 0 Å². The van der Waals surface area contributed by atoms with Crippen molar-refractivity contribution in [2.75, 3.05) is 7.11 Å². The third-order valence-electron chi connectivity index (χ3n) is 2.70. The van der Waals surface area contributed by atoms with Crippen LogP contribution in [0, 0.1) is 11.6 Å². The molecule has 2 aromatic rings. The van der Waals surface area contributed by atoms with Crippen molar-refractivity contribution in [3.05, 3.63) is 51.6 Å². The molecule has 0 saturated carbocycles. The number of hydrogen-bond acceptors (Lipinski definition) is 5. The highest BCUT2D eigenvalue weighted by Crippen LogP contribution is 2.29. The van der Waals surface area contributed by atoms with Gasteiger partial charge < -0.3 is 4.74 Å². The maximum Gasteiger partial charge on any atom is 0.233 e. The second kappa shape index (κ2) is 6.21. The highest BCUT2D eigenvalue weighted by molar-refractivity contribution is 9.10. The van der Waals surface area contributed by atoms with Crippen LogP contribution in [0.15, 0.2) is 28.7 Å². The lowest BCUT2D eigenvalue weighted by molar-refractivity contribution is 0.389. The van der Waals surface area contributed by atoms with E-state index >= 15 is 0 Å². The van der Waals surface area contributed by atoms with Crippen molar-refractivity contribution in [1.82, 2.24) is 15.6 Å². The van der Waals surface area contributed by atoms with E-state index in [0.29, 0.717) is 5.88 Å². The second-order valence-corrected chi connectivity index (χ2v) is 4.71. The zero-order valence-electron chi connectivity index (χ0n) is 10.4. The van der Waals surface area contributed by atoms with Gasteiger partial charge >= 0.3 is 0 Å². The van der Waals surface area contributed by atoms with Gasteiger partial charge in [0.15, 0.2) is 0 Å². The van der Waals surface area contributed by atoms with Crippen molar-refractivity contribution in [3.63, 3.8) is 0 Å². The number of nitrogens with two attached hydrogens (primary N) is 1. The summed E-state index contributed by atoms with van der Waals surface area (Å²) in [6.07, 6.45) is 0. The molecule has 0 radical (unpaired) electrons. The number of nitrogens with one attached hydrogen (secondary N) is 1. The Kier molecular flexibility index (Phi) is 4.58. The van der Waals surface area contributed by atoms with Gasteiger partial charge in [0.1, 0.15) is 11.6 Å². The van der Waals surface area contributed by atoms with Crippen molar-refractivity contribution in [3.8, 4) is 5.88 Å². The highest BCUT2D eigenvalue weighted by Gasteiger charge is 2.24. The van der Waals surface area contributed by atoms with Gasteiger partial charge in [-0.2, -0.15) is 0 Å². The Balaban J connectivity index is 2.49. The van der Waals surface area contributed by atoms with E-state index in [-0.39, 0.29) is 15.7 Å². The number of ether oxygens (including phenoxy) is 1. The van der Waals surface area contributed by atoms with E-state index in [9.17, 15) is 8.78 Å². The third kappa shape index (κ3) is 2.77. The number of methoxy groups -OCH3 is 1. The predicted molar refractivity (Wildman–Crippen MR) is 71.8 cm³/mol. The van der Waals surface area contributed by atoms with E-state index < -0.39 is 17.7 Å². The monoisotopic (exact) mass is 344 g/mol. The normalized spacial score (nSPS) is 12.2. The van der Waals surface area contributed by atoms with Crippen LogP contribution in [0.1, 0.15) is 17.3 Å². The predicted octanol–water partition coefficient (Wildman–Crippen LogP) is 2.08. The van der Waals surface area contributed by atoms with E-state index in [1.165, 1.54) is 25.3 Å². The molecular formula is C12H11BrF2N4O. The molecule has 0 spiro atoms. The van der Waals surface area contributed by atoms with Crippen LogP contribution < -0.4 is 16.0 Å². The summed E-state index contributed by atoms with van der Waals surface area (Å²) in [6.45, 7) is 0. The molecule has 0 aliphatic heterocycles. The minimum Gasteiger partial charge on any atom is -0.480 e. The summed E-state index contributed by atoms with van der Waals surface area (Å²) in [5.41, 5.74) is 2.37. The van der Waals surface area contributed by atoms with Gasteiger partial charge in [-0.05, 0) is 34.1 Å². The molecule has 5 nitrogen and oxygen atoms in total. The Morgan fingerprint density at radius 2 is 2.00 bits per heavy atom. The molecule has 1 aromatic heterocycles. The van der Waals surface area contributed by atoms with Gasteiger partial charge in [-0.1, -0.05) is 0 Å². The standard InChI is InChI=1S/C12H11BrF2N4O/c1-20-9-5-4-8(18-19-9)12(17-16)10-7(14)3-2-6(13)11(10)15/h2-5,12,17H,16H2,1H3. The minimum absolute atomic E-state index is 0.135. The zero-order chi connectivity index (χ0) is 14.7. The van der Waals surface area contributed by atoms with E-state index in [1.807, 2.05) is 0 Å². The third-order valence-corrected chi connectivity index (χ3v) is 3.31. The number of rotatable bonds is 4. The first kappa shape index (κ1) is 14.8. The molecule has 1 aromatic carbocycles. The molecule has 1 atom stereocenters. The molecule has 0 aliphatic carbocycles. The van der Waals surface area contributed by atoms with Gasteiger partial charge in [0.2, 0.25) is 5.88 Å². The van der Waals surface area contributed by atoms with Crippen molar-refractivity contribution in [1.29, 1.82) is 0 Å². The average molecular weight is 345 g/mol. The van der Waals surface area contributed by atoms with Crippen LogP contribution in [0.2, 0.25) is 0 Å². The molecule has 20 heavy (non-hydrogen) atoms. The Morgan fingerprint density at radius 3 is 2.55 bits per heavy atom. The first-order valence-corrected chi connectivity index (χ1v) is 6.35. The van der Waals surface area contributed by atoms with Gasteiger partial charge in [-0.3, -0.25) is 5.84 Å². The molecule has 0 amide bonds. The van der Waals surface area contributed by atoms with Crippen LogP contribution in [0.5, 0.6) is 5.88 Å². The number of nitrogens with zero attached hydrogens (tertiary/aromatic N) is 2. The molecule has 3 N–H and O–H groups in total. The van der Waals surface area contributed by atoms with Crippen molar-refractivity contribution in [2.45, 2.75) is 6.04 Å². The van der Waals surface area contributed by atoms with E-state index in [1.54, 1.807) is 0 Å². The molecule has 0 bridgehead atoms. The first-order valence-electron chi connectivity index (χ1n) is 5.55. The van der Waals surface area contributed by atoms with Crippen LogP contribution >= 0.6 is 15.9 Å². The lowest BCUT2D eigenvalue weighted by Gasteiger charge is -2.17. The highest BCUT2D eigenvalue weighted by atomic mass is 79.9. The summed E-state index contributed by atoms with van der Waals surface area (Å²) in [5.74, 6) is 4.21. The average Bonchev–Trinajstić information content (AvgIpc) is 2.48. The molecule has 0 aliphatic rings. The molecule has 1 heterocycles. The fourth-order valence-corrected chi connectivity index (χ4v) is 2.06. The summed E-state index contributed by atoms with van der Waals surface area (Å²) in [4.78, 5) is 0. The summed E-state index contributed by atoms with van der Waals surface area (Å²) < 4.78 is 33.0. The Morgan fingerprint density at radius 1 is 1.25 bits per heavy atom. The fourth-order valence-electron chi connectivity index (χ4n) is 1.72. The largest absolute Gasteiger partial charge is 0.480 e. The second-order valence-electron chi connectivity index (χ2n) is 3.86. The van der Waals surface area contributed by atoms with Gasteiger partial charge in [0.05, 0.1) is 23.3 Å². The van der Waals surface area contributed by atoms with Crippen molar-refractivity contribution < 1.29 is 13.5 Å². The number of halogens is 3. The number of hydrogen-bond donors (Lipinski definition) is 2. The molecular weight excluding hydrogens is 334 g/mol.